The molecule has 0 saturated carbocycles. The molecule has 1 nitrogen and oxygen atoms in total. The van der Waals surface area contributed by atoms with E-state index < -0.39 is 0 Å². The SMILES string of the molecule is O=C(c1c(Cl)cccc1Cl)c1cccc2ccsc12. The smallest absolute Gasteiger partial charge is 0.197 e. The van der Waals surface area contributed by atoms with Crippen molar-refractivity contribution < 1.29 is 4.79 Å². The molecular formula is C15H8Cl2OS. The number of rotatable bonds is 2. The molecule has 0 aliphatic carbocycles. The van der Waals surface area contributed by atoms with E-state index in [4.69, 9.17) is 23.2 Å². The van der Waals surface area contributed by atoms with E-state index in [9.17, 15) is 4.79 Å². The van der Waals surface area contributed by atoms with Crippen LogP contribution < -0.4 is 0 Å². The molecule has 0 saturated heterocycles. The van der Waals surface area contributed by atoms with Gasteiger partial charge in [0.2, 0.25) is 0 Å². The molecular weight excluding hydrogens is 299 g/mol. The minimum absolute atomic E-state index is 0.136. The molecule has 0 radical (unpaired) electrons. The van der Waals surface area contributed by atoms with Crippen LogP contribution in [0.4, 0.5) is 0 Å². The third kappa shape index (κ3) is 2.16. The Morgan fingerprint density at radius 2 is 1.63 bits per heavy atom. The Morgan fingerprint density at radius 1 is 0.947 bits per heavy atom. The number of benzene rings is 2. The standard InChI is InChI=1S/C15H8Cl2OS/c16-11-5-2-6-12(17)13(11)14(18)10-4-1-3-9-7-8-19-15(9)10/h1-8H. The fourth-order valence-electron chi connectivity index (χ4n) is 2.02. The first kappa shape index (κ1) is 12.7. The fraction of sp³-hybridized carbons (Fsp3) is 0. The number of fused-ring (bicyclic) bond motifs is 1. The average molecular weight is 307 g/mol. The number of ketones is 1. The Balaban J connectivity index is 2.22. The first-order chi connectivity index (χ1) is 9.18. The topological polar surface area (TPSA) is 17.1 Å². The van der Waals surface area contributed by atoms with Gasteiger partial charge in [0.25, 0.3) is 0 Å². The van der Waals surface area contributed by atoms with Crippen molar-refractivity contribution in [2.45, 2.75) is 0 Å². The van der Waals surface area contributed by atoms with Crippen molar-refractivity contribution in [3.63, 3.8) is 0 Å². The van der Waals surface area contributed by atoms with Crippen molar-refractivity contribution >= 4 is 50.4 Å². The maximum Gasteiger partial charge on any atom is 0.197 e. The van der Waals surface area contributed by atoms with E-state index in [2.05, 4.69) is 0 Å². The summed E-state index contributed by atoms with van der Waals surface area (Å²) in [5, 5.41) is 3.78. The highest BCUT2D eigenvalue weighted by molar-refractivity contribution is 7.17. The number of carbonyl (C=O) groups excluding carboxylic acids is 1. The number of carbonyl (C=O) groups is 1. The Bertz CT molecular complexity index is 756. The van der Waals surface area contributed by atoms with Gasteiger partial charge in [0, 0.05) is 10.3 Å². The first-order valence-corrected chi connectivity index (χ1v) is 7.27. The van der Waals surface area contributed by atoms with Crippen molar-refractivity contribution in [1.29, 1.82) is 0 Å². The fourth-order valence-corrected chi connectivity index (χ4v) is 3.50. The average Bonchev–Trinajstić information content (AvgIpc) is 2.86. The van der Waals surface area contributed by atoms with Crippen molar-refractivity contribution in [3.05, 3.63) is 69.0 Å². The third-order valence-electron chi connectivity index (χ3n) is 2.91. The summed E-state index contributed by atoms with van der Waals surface area (Å²) >= 11 is 13.7. The summed E-state index contributed by atoms with van der Waals surface area (Å²) in [4.78, 5) is 12.6. The first-order valence-electron chi connectivity index (χ1n) is 5.63. The second kappa shape index (κ2) is 4.97. The molecule has 2 aromatic carbocycles. The van der Waals surface area contributed by atoms with Gasteiger partial charge in [0.05, 0.1) is 15.6 Å². The molecule has 0 atom stereocenters. The Labute approximate surface area is 124 Å². The van der Waals surface area contributed by atoms with Crippen LogP contribution in [0.2, 0.25) is 10.0 Å². The summed E-state index contributed by atoms with van der Waals surface area (Å²) in [6.07, 6.45) is 0. The predicted octanol–water partition coefficient (Wildman–Crippen LogP) is 5.44. The molecule has 19 heavy (non-hydrogen) atoms. The molecule has 0 N–H and O–H groups in total. The third-order valence-corrected chi connectivity index (χ3v) is 4.51. The molecule has 0 aliphatic rings. The van der Waals surface area contributed by atoms with Crippen LogP contribution in [0, 0.1) is 0 Å². The van der Waals surface area contributed by atoms with E-state index in [0.717, 1.165) is 10.1 Å². The molecule has 1 aromatic heterocycles. The molecule has 0 unspecified atom stereocenters. The van der Waals surface area contributed by atoms with Gasteiger partial charge in [-0.3, -0.25) is 4.79 Å². The highest BCUT2D eigenvalue weighted by Gasteiger charge is 2.18. The second-order valence-corrected chi connectivity index (χ2v) is 5.80. The maximum absolute atomic E-state index is 12.6. The lowest BCUT2D eigenvalue weighted by Gasteiger charge is -2.06. The molecule has 3 rings (SSSR count). The van der Waals surface area contributed by atoms with Crippen LogP contribution in [0.3, 0.4) is 0 Å². The minimum atomic E-state index is -0.136. The molecule has 0 spiro atoms. The van der Waals surface area contributed by atoms with Gasteiger partial charge in [-0.15, -0.1) is 11.3 Å². The molecule has 94 valence electrons. The lowest BCUT2D eigenvalue weighted by atomic mass is 10.0. The summed E-state index contributed by atoms with van der Waals surface area (Å²) in [6, 6.07) is 12.7. The summed E-state index contributed by atoms with van der Waals surface area (Å²) in [6.45, 7) is 0. The molecule has 4 heteroatoms. The number of hydrogen-bond donors (Lipinski definition) is 0. The molecule has 1 heterocycles. The number of thiophene rings is 1. The van der Waals surface area contributed by atoms with Gasteiger partial charge in [-0.2, -0.15) is 0 Å². The zero-order chi connectivity index (χ0) is 13.4. The van der Waals surface area contributed by atoms with E-state index in [-0.39, 0.29) is 5.78 Å². The monoisotopic (exact) mass is 306 g/mol. The quantitative estimate of drug-likeness (QED) is 0.576. The van der Waals surface area contributed by atoms with Gasteiger partial charge in [-0.1, -0.05) is 41.4 Å². The van der Waals surface area contributed by atoms with E-state index in [1.54, 1.807) is 35.6 Å². The summed E-state index contributed by atoms with van der Waals surface area (Å²) in [5.41, 5.74) is 1.01. The normalized spacial score (nSPS) is 10.8. The van der Waals surface area contributed by atoms with E-state index in [0.29, 0.717) is 21.2 Å². The van der Waals surface area contributed by atoms with Crippen molar-refractivity contribution in [2.24, 2.45) is 0 Å². The van der Waals surface area contributed by atoms with Gasteiger partial charge < -0.3 is 0 Å². The van der Waals surface area contributed by atoms with Crippen LogP contribution in [0.15, 0.2) is 47.8 Å². The minimum Gasteiger partial charge on any atom is -0.288 e. The zero-order valence-electron chi connectivity index (χ0n) is 9.69. The highest BCUT2D eigenvalue weighted by Crippen LogP contribution is 2.31. The second-order valence-electron chi connectivity index (χ2n) is 4.07. The summed E-state index contributed by atoms with van der Waals surface area (Å²) < 4.78 is 0.962. The molecule has 3 aromatic rings. The zero-order valence-corrected chi connectivity index (χ0v) is 12.0. The van der Waals surface area contributed by atoms with Crippen molar-refractivity contribution in [3.8, 4) is 0 Å². The Kier molecular flexibility index (Phi) is 3.31. The summed E-state index contributed by atoms with van der Waals surface area (Å²) in [7, 11) is 0. The van der Waals surface area contributed by atoms with Crippen molar-refractivity contribution in [1.82, 2.24) is 0 Å². The molecule has 0 bridgehead atoms. The lowest BCUT2D eigenvalue weighted by Crippen LogP contribution is -2.03. The molecule has 0 aliphatic heterocycles. The Morgan fingerprint density at radius 3 is 2.37 bits per heavy atom. The van der Waals surface area contributed by atoms with Crippen LogP contribution >= 0.6 is 34.5 Å². The largest absolute Gasteiger partial charge is 0.288 e. The highest BCUT2D eigenvalue weighted by atomic mass is 35.5. The van der Waals surface area contributed by atoms with Crippen LogP contribution in [0.25, 0.3) is 10.1 Å². The van der Waals surface area contributed by atoms with E-state index >= 15 is 0 Å². The van der Waals surface area contributed by atoms with Gasteiger partial charge in [0.15, 0.2) is 5.78 Å². The predicted molar refractivity (Wildman–Crippen MR) is 81.7 cm³/mol. The van der Waals surface area contributed by atoms with Gasteiger partial charge >= 0.3 is 0 Å². The van der Waals surface area contributed by atoms with Gasteiger partial charge in [0.1, 0.15) is 0 Å². The van der Waals surface area contributed by atoms with Crippen LogP contribution in [0.5, 0.6) is 0 Å². The van der Waals surface area contributed by atoms with Gasteiger partial charge in [-0.05, 0) is 35.0 Å². The van der Waals surface area contributed by atoms with E-state index in [1.807, 2.05) is 23.6 Å². The molecule has 0 fully saturated rings. The van der Waals surface area contributed by atoms with E-state index in [1.165, 1.54) is 0 Å². The maximum atomic E-state index is 12.6. The lowest BCUT2D eigenvalue weighted by molar-refractivity contribution is 0.104. The van der Waals surface area contributed by atoms with Crippen LogP contribution in [0.1, 0.15) is 15.9 Å². The van der Waals surface area contributed by atoms with Crippen molar-refractivity contribution in [2.75, 3.05) is 0 Å². The van der Waals surface area contributed by atoms with Gasteiger partial charge in [-0.25, -0.2) is 0 Å². The van der Waals surface area contributed by atoms with Crippen LogP contribution in [-0.4, -0.2) is 5.78 Å². The number of halogens is 2. The molecule has 0 amide bonds. The van der Waals surface area contributed by atoms with Crippen LogP contribution in [-0.2, 0) is 0 Å². The number of hydrogen-bond acceptors (Lipinski definition) is 2. The summed E-state index contributed by atoms with van der Waals surface area (Å²) in [5.74, 6) is -0.136. The Hall–Kier alpha value is -1.35.